The molecular formula is C13H29N. The molecule has 0 heterocycles. The molecule has 86 valence electrons. The Morgan fingerprint density at radius 2 is 1.64 bits per heavy atom. The van der Waals surface area contributed by atoms with Crippen LogP contribution in [0.5, 0.6) is 0 Å². The van der Waals surface area contributed by atoms with E-state index >= 15 is 0 Å². The fourth-order valence-electron chi connectivity index (χ4n) is 1.81. The van der Waals surface area contributed by atoms with Crippen LogP contribution in [0.25, 0.3) is 0 Å². The minimum absolute atomic E-state index is 0.692. The molecule has 0 fully saturated rings. The van der Waals surface area contributed by atoms with Gasteiger partial charge >= 0.3 is 0 Å². The van der Waals surface area contributed by atoms with Crippen LogP contribution in [0.15, 0.2) is 0 Å². The van der Waals surface area contributed by atoms with Gasteiger partial charge in [-0.3, -0.25) is 0 Å². The summed E-state index contributed by atoms with van der Waals surface area (Å²) in [5.41, 5.74) is 0. The van der Waals surface area contributed by atoms with Crippen molar-refractivity contribution in [3.8, 4) is 0 Å². The van der Waals surface area contributed by atoms with Crippen LogP contribution >= 0.6 is 0 Å². The molecule has 0 aromatic carbocycles. The highest BCUT2D eigenvalue weighted by Gasteiger charge is 2.08. The van der Waals surface area contributed by atoms with Gasteiger partial charge in [0.2, 0.25) is 0 Å². The van der Waals surface area contributed by atoms with Gasteiger partial charge in [0.15, 0.2) is 0 Å². The molecular weight excluding hydrogens is 170 g/mol. The van der Waals surface area contributed by atoms with Crippen molar-refractivity contribution >= 4 is 0 Å². The molecule has 0 aromatic heterocycles. The van der Waals surface area contributed by atoms with Gasteiger partial charge in [0, 0.05) is 6.04 Å². The third-order valence-electron chi connectivity index (χ3n) is 2.74. The summed E-state index contributed by atoms with van der Waals surface area (Å²) >= 11 is 0. The first kappa shape index (κ1) is 14.0. The summed E-state index contributed by atoms with van der Waals surface area (Å²) < 4.78 is 0. The summed E-state index contributed by atoms with van der Waals surface area (Å²) in [5, 5.41) is 3.55. The lowest BCUT2D eigenvalue weighted by atomic mass is 9.94. The highest BCUT2D eigenvalue weighted by atomic mass is 14.9. The molecule has 0 aromatic rings. The summed E-state index contributed by atoms with van der Waals surface area (Å²) in [6, 6.07) is 0.692. The lowest BCUT2D eigenvalue weighted by Gasteiger charge is -2.19. The molecule has 0 aliphatic carbocycles. The molecule has 0 rings (SSSR count). The topological polar surface area (TPSA) is 12.0 Å². The highest BCUT2D eigenvalue weighted by molar-refractivity contribution is 4.65. The predicted octanol–water partition coefficient (Wildman–Crippen LogP) is 3.84. The first-order valence-corrected chi connectivity index (χ1v) is 6.29. The molecule has 0 bridgehead atoms. The maximum Gasteiger partial charge on any atom is 0.00412 e. The van der Waals surface area contributed by atoms with E-state index in [0.717, 1.165) is 18.4 Å². The zero-order chi connectivity index (χ0) is 11.0. The van der Waals surface area contributed by atoms with E-state index in [1.54, 1.807) is 0 Å². The minimum atomic E-state index is 0.692. The Balaban J connectivity index is 3.44. The van der Waals surface area contributed by atoms with Crippen LogP contribution in [-0.2, 0) is 0 Å². The molecule has 0 spiro atoms. The average molecular weight is 199 g/mol. The van der Waals surface area contributed by atoms with Gasteiger partial charge < -0.3 is 5.32 Å². The standard InChI is InChI=1S/C13H29N/c1-6-9-14-13(5)10-12(4)8-7-11(2)3/h11-14H,6-10H2,1-5H3. The molecule has 0 aliphatic rings. The van der Waals surface area contributed by atoms with E-state index in [4.69, 9.17) is 0 Å². The number of rotatable bonds is 8. The first-order chi connectivity index (χ1) is 6.56. The molecule has 0 saturated carbocycles. The van der Waals surface area contributed by atoms with Crippen molar-refractivity contribution in [2.24, 2.45) is 11.8 Å². The number of nitrogens with one attached hydrogen (secondary N) is 1. The molecule has 2 atom stereocenters. The van der Waals surface area contributed by atoms with Crippen LogP contribution in [0.4, 0.5) is 0 Å². The maximum absolute atomic E-state index is 3.55. The zero-order valence-electron chi connectivity index (χ0n) is 10.8. The predicted molar refractivity (Wildman–Crippen MR) is 65.6 cm³/mol. The lowest BCUT2D eigenvalue weighted by molar-refractivity contribution is 0.375. The van der Waals surface area contributed by atoms with Crippen LogP contribution in [-0.4, -0.2) is 12.6 Å². The van der Waals surface area contributed by atoms with Crippen molar-refractivity contribution in [1.29, 1.82) is 0 Å². The molecule has 2 unspecified atom stereocenters. The Morgan fingerprint density at radius 1 is 1.00 bits per heavy atom. The van der Waals surface area contributed by atoms with Gasteiger partial charge in [0.05, 0.1) is 0 Å². The second-order valence-electron chi connectivity index (χ2n) is 5.17. The summed E-state index contributed by atoms with van der Waals surface area (Å²) in [6.07, 6.45) is 5.33. The van der Waals surface area contributed by atoms with Gasteiger partial charge in [-0.25, -0.2) is 0 Å². The summed E-state index contributed by atoms with van der Waals surface area (Å²) in [4.78, 5) is 0. The molecule has 1 nitrogen and oxygen atoms in total. The van der Waals surface area contributed by atoms with Crippen molar-refractivity contribution < 1.29 is 0 Å². The van der Waals surface area contributed by atoms with Crippen LogP contribution in [0.2, 0.25) is 0 Å². The van der Waals surface area contributed by atoms with Gasteiger partial charge in [-0.05, 0) is 38.1 Å². The normalized spacial score (nSPS) is 15.9. The van der Waals surface area contributed by atoms with Gasteiger partial charge in [-0.2, -0.15) is 0 Å². The molecule has 0 amide bonds. The van der Waals surface area contributed by atoms with E-state index < -0.39 is 0 Å². The third-order valence-corrected chi connectivity index (χ3v) is 2.74. The highest BCUT2D eigenvalue weighted by Crippen LogP contribution is 2.16. The first-order valence-electron chi connectivity index (χ1n) is 6.29. The van der Waals surface area contributed by atoms with Crippen molar-refractivity contribution in [2.75, 3.05) is 6.54 Å². The van der Waals surface area contributed by atoms with Crippen LogP contribution in [0.1, 0.15) is 60.3 Å². The Bertz CT molecular complexity index is 120. The summed E-state index contributed by atoms with van der Waals surface area (Å²) in [7, 11) is 0. The number of hydrogen-bond acceptors (Lipinski definition) is 1. The molecule has 1 heteroatoms. The molecule has 14 heavy (non-hydrogen) atoms. The van der Waals surface area contributed by atoms with E-state index in [1.807, 2.05) is 0 Å². The van der Waals surface area contributed by atoms with Crippen molar-refractivity contribution in [3.05, 3.63) is 0 Å². The Morgan fingerprint density at radius 3 is 2.14 bits per heavy atom. The second kappa shape index (κ2) is 8.28. The van der Waals surface area contributed by atoms with Crippen molar-refractivity contribution in [3.63, 3.8) is 0 Å². The summed E-state index contributed by atoms with van der Waals surface area (Å²) in [6.45, 7) is 12.7. The second-order valence-corrected chi connectivity index (χ2v) is 5.17. The maximum atomic E-state index is 3.55. The van der Waals surface area contributed by atoms with Gasteiger partial charge in [0.1, 0.15) is 0 Å². The van der Waals surface area contributed by atoms with Crippen LogP contribution in [0, 0.1) is 11.8 Å². The largest absolute Gasteiger partial charge is 0.314 e. The van der Waals surface area contributed by atoms with Crippen LogP contribution < -0.4 is 5.32 Å². The van der Waals surface area contributed by atoms with E-state index in [0.29, 0.717) is 6.04 Å². The minimum Gasteiger partial charge on any atom is -0.314 e. The van der Waals surface area contributed by atoms with Crippen molar-refractivity contribution in [2.45, 2.75) is 66.3 Å². The van der Waals surface area contributed by atoms with Gasteiger partial charge in [0.25, 0.3) is 0 Å². The average Bonchev–Trinajstić information content (AvgIpc) is 2.11. The smallest absolute Gasteiger partial charge is 0.00412 e. The van der Waals surface area contributed by atoms with E-state index in [9.17, 15) is 0 Å². The van der Waals surface area contributed by atoms with E-state index in [1.165, 1.54) is 25.7 Å². The van der Waals surface area contributed by atoms with E-state index in [-0.39, 0.29) is 0 Å². The van der Waals surface area contributed by atoms with Gasteiger partial charge in [-0.1, -0.05) is 40.5 Å². The van der Waals surface area contributed by atoms with Crippen LogP contribution in [0.3, 0.4) is 0 Å². The monoisotopic (exact) mass is 199 g/mol. The van der Waals surface area contributed by atoms with Gasteiger partial charge in [-0.15, -0.1) is 0 Å². The SMILES string of the molecule is CCCNC(C)CC(C)CCC(C)C. The fraction of sp³-hybridized carbons (Fsp3) is 1.00. The molecule has 0 radical (unpaired) electrons. The number of hydrogen-bond donors (Lipinski definition) is 1. The fourth-order valence-corrected chi connectivity index (χ4v) is 1.81. The molecule has 1 N–H and O–H groups in total. The zero-order valence-corrected chi connectivity index (χ0v) is 10.8. The van der Waals surface area contributed by atoms with E-state index in [2.05, 4.69) is 39.9 Å². The quantitative estimate of drug-likeness (QED) is 0.626. The Hall–Kier alpha value is -0.0400. The Labute approximate surface area is 90.7 Å². The molecule has 0 saturated heterocycles. The lowest BCUT2D eigenvalue weighted by Crippen LogP contribution is -2.28. The Kier molecular flexibility index (Phi) is 8.26. The molecule has 0 aliphatic heterocycles. The van der Waals surface area contributed by atoms with Crippen molar-refractivity contribution in [1.82, 2.24) is 5.32 Å². The third kappa shape index (κ3) is 8.55. The summed E-state index contributed by atoms with van der Waals surface area (Å²) in [5.74, 6) is 1.73.